The lowest BCUT2D eigenvalue weighted by Gasteiger charge is -2.23. The van der Waals surface area contributed by atoms with Gasteiger partial charge in [0.15, 0.2) is 11.5 Å². The van der Waals surface area contributed by atoms with E-state index in [-0.39, 0.29) is 17.4 Å². The Morgan fingerprint density at radius 1 is 1.06 bits per heavy atom. The van der Waals surface area contributed by atoms with Crippen LogP contribution in [0.4, 0.5) is 0 Å². The predicted octanol–water partition coefficient (Wildman–Crippen LogP) is 5.03. The Morgan fingerprint density at radius 2 is 1.78 bits per heavy atom. The highest BCUT2D eigenvalue weighted by Gasteiger charge is 2.34. The van der Waals surface area contributed by atoms with E-state index in [1.165, 1.54) is 5.56 Å². The van der Waals surface area contributed by atoms with Crippen LogP contribution in [0.25, 0.3) is 11.4 Å². The predicted molar refractivity (Wildman–Crippen MR) is 121 cm³/mol. The summed E-state index contributed by atoms with van der Waals surface area (Å²) in [5, 5.41) is 4.15. The summed E-state index contributed by atoms with van der Waals surface area (Å²) in [7, 11) is 3.17. The van der Waals surface area contributed by atoms with E-state index in [1.54, 1.807) is 20.3 Å². The zero-order valence-corrected chi connectivity index (χ0v) is 19.2. The van der Waals surface area contributed by atoms with Crippen LogP contribution < -0.4 is 9.47 Å². The molecule has 2 heterocycles. The molecule has 168 valence electrons. The van der Waals surface area contributed by atoms with Crippen molar-refractivity contribution in [3.05, 3.63) is 59.5 Å². The smallest absolute Gasteiger partial charge is 0.254 e. The van der Waals surface area contributed by atoms with E-state index in [0.717, 1.165) is 18.4 Å². The van der Waals surface area contributed by atoms with Crippen LogP contribution in [0.5, 0.6) is 11.5 Å². The molecule has 7 nitrogen and oxygen atoms in total. The van der Waals surface area contributed by atoms with E-state index in [9.17, 15) is 4.79 Å². The Labute approximate surface area is 188 Å². The van der Waals surface area contributed by atoms with E-state index in [1.807, 2.05) is 41.3 Å². The van der Waals surface area contributed by atoms with Crippen molar-refractivity contribution in [2.75, 3.05) is 20.8 Å². The molecule has 32 heavy (non-hydrogen) atoms. The van der Waals surface area contributed by atoms with Gasteiger partial charge in [-0.1, -0.05) is 38.1 Å². The van der Waals surface area contributed by atoms with E-state index in [2.05, 4.69) is 30.9 Å². The number of hydrogen-bond acceptors (Lipinski definition) is 6. The second-order valence-electron chi connectivity index (χ2n) is 9.01. The second-order valence-corrected chi connectivity index (χ2v) is 9.01. The molecule has 4 rings (SSSR count). The molecular weight excluding hydrogens is 406 g/mol. The van der Waals surface area contributed by atoms with E-state index >= 15 is 0 Å². The first kappa shape index (κ1) is 21.9. The zero-order valence-electron chi connectivity index (χ0n) is 19.2. The first-order valence-electron chi connectivity index (χ1n) is 10.8. The molecule has 0 radical (unpaired) electrons. The zero-order chi connectivity index (χ0) is 22.9. The summed E-state index contributed by atoms with van der Waals surface area (Å²) < 4.78 is 16.2. The maximum absolute atomic E-state index is 13.2. The Hall–Kier alpha value is -3.35. The summed E-state index contributed by atoms with van der Waals surface area (Å²) in [5.41, 5.74) is 2.67. The number of hydrogen-bond donors (Lipinski definition) is 0. The average Bonchev–Trinajstić information content (AvgIpc) is 3.47. The van der Waals surface area contributed by atoms with Crippen molar-refractivity contribution in [2.24, 2.45) is 0 Å². The SMILES string of the molecule is COc1ccc(-c2noc([C@@H]3CCCN3C(=O)c3ccc(C(C)(C)C)cc3)n2)cc1OC. The lowest BCUT2D eigenvalue weighted by Crippen LogP contribution is -2.30. The number of ether oxygens (including phenoxy) is 2. The van der Waals surface area contributed by atoms with E-state index in [4.69, 9.17) is 14.0 Å². The summed E-state index contributed by atoms with van der Waals surface area (Å²) in [4.78, 5) is 19.7. The number of nitrogens with zero attached hydrogens (tertiary/aromatic N) is 3. The Morgan fingerprint density at radius 3 is 2.44 bits per heavy atom. The lowest BCUT2D eigenvalue weighted by molar-refractivity contribution is 0.0710. The van der Waals surface area contributed by atoms with Crippen molar-refractivity contribution in [1.82, 2.24) is 15.0 Å². The fourth-order valence-electron chi connectivity index (χ4n) is 4.01. The number of likely N-dealkylation sites (tertiary alicyclic amines) is 1. The molecule has 7 heteroatoms. The normalized spacial score (nSPS) is 16.3. The molecular formula is C25H29N3O4. The van der Waals surface area contributed by atoms with Crippen molar-refractivity contribution in [1.29, 1.82) is 0 Å². The summed E-state index contributed by atoms with van der Waals surface area (Å²) >= 11 is 0. The minimum absolute atomic E-state index is 0.0150. The molecule has 0 aliphatic carbocycles. The average molecular weight is 436 g/mol. The van der Waals surface area contributed by atoms with Gasteiger partial charge in [0, 0.05) is 17.7 Å². The number of amides is 1. The molecule has 0 unspecified atom stereocenters. The van der Waals surface area contributed by atoms with Crippen LogP contribution in [0.2, 0.25) is 0 Å². The van der Waals surface area contributed by atoms with Gasteiger partial charge in [-0.3, -0.25) is 4.79 Å². The van der Waals surface area contributed by atoms with Gasteiger partial charge in [0.25, 0.3) is 5.91 Å². The lowest BCUT2D eigenvalue weighted by atomic mass is 9.86. The topological polar surface area (TPSA) is 77.7 Å². The number of methoxy groups -OCH3 is 2. The first-order valence-corrected chi connectivity index (χ1v) is 10.8. The van der Waals surface area contributed by atoms with Gasteiger partial charge in [0.2, 0.25) is 11.7 Å². The van der Waals surface area contributed by atoms with Gasteiger partial charge in [-0.05, 0) is 54.2 Å². The molecule has 1 atom stereocenters. The Bertz CT molecular complexity index is 1100. The molecule has 1 aliphatic rings. The van der Waals surface area contributed by atoms with Crippen molar-refractivity contribution >= 4 is 5.91 Å². The minimum Gasteiger partial charge on any atom is -0.493 e. The molecule has 1 aromatic heterocycles. The number of carbonyl (C=O) groups is 1. The third kappa shape index (κ3) is 4.20. The van der Waals surface area contributed by atoms with Gasteiger partial charge in [0.05, 0.1) is 14.2 Å². The Kier molecular flexibility index (Phi) is 5.91. The molecule has 1 amide bonds. The van der Waals surface area contributed by atoms with Crippen LogP contribution in [0, 0.1) is 0 Å². The number of carbonyl (C=O) groups excluding carboxylic acids is 1. The summed E-state index contributed by atoms with van der Waals surface area (Å²) in [6, 6.07) is 13.1. The van der Waals surface area contributed by atoms with Crippen LogP contribution in [-0.2, 0) is 5.41 Å². The molecule has 1 fully saturated rings. The molecule has 0 saturated carbocycles. The van der Waals surface area contributed by atoms with Crippen molar-refractivity contribution < 1.29 is 18.8 Å². The van der Waals surface area contributed by atoms with Crippen LogP contribution in [0.3, 0.4) is 0 Å². The number of aromatic nitrogens is 2. The largest absolute Gasteiger partial charge is 0.493 e. The summed E-state index contributed by atoms with van der Waals surface area (Å²) in [6.07, 6.45) is 1.68. The molecule has 1 saturated heterocycles. The number of benzene rings is 2. The molecule has 1 aliphatic heterocycles. The number of rotatable bonds is 5. The van der Waals surface area contributed by atoms with Gasteiger partial charge in [-0.25, -0.2) is 0 Å². The van der Waals surface area contributed by atoms with Crippen molar-refractivity contribution in [3.63, 3.8) is 0 Å². The molecule has 2 aromatic carbocycles. The fraction of sp³-hybridized carbons (Fsp3) is 0.400. The third-order valence-electron chi connectivity index (χ3n) is 5.88. The highest BCUT2D eigenvalue weighted by atomic mass is 16.5. The second kappa shape index (κ2) is 8.65. The summed E-state index contributed by atoms with van der Waals surface area (Å²) in [6.45, 7) is 7.14. The van der Waals surface area contributed by atoms with E-state index < -0.39 is 0 Å². The van der Waals surface area contributed by atoms with E-state index in [0.29, 0.717) is 35.3 Å². The van der Waals surface area contributed by atoms with Crippen LogP contribution in [0.1, 0.15) is 61.5 Å². The van der Waals surface area contributed by atoms with Gasteiger partial charge >= 0.3 is 0 Å². The minimum atomic E-state index is -0.230. The van der Waals surface area contributed by atoms with Crippen molar-refractivity contribution in [3.8, 4) is 22.9 Å². The van der Waals surface area contributed by atoms with Gasteiger partial charge in [-0.2, -0.15) is 4.98 Å². The Balaban J connectivity index is 1.55. The first-order chi connectivity index (χ1) is 15.3. The quantitative estimate of drug-likeness (QED) is 0.559. The van der Waals surface area contributed by atoms with Gasteiger partial charge < -0.3 is 18.9 Å². The molecule has 3 aromatic rings. The highest BCUT2D eigenvalue weighted by molar-refractivity contribution is 5.94. The van der Waals surface area contributed by atoms with Gasteiger partial charge in [0.1, 0.15) is 6.04 Å². The monoisotopic (exact) mass is 435 g/mol. The third-order valence-corrected chi connectivity index (χ3v) is 5.88. The standard InChI is InChI=1S/C25H29N3O4/c1-25(2,3)18-11-8-16(9-12-18)24(29)28-14-6-7-19(28)23-26-22(27-32-23)17-10-13-20(30-4)21(15-17)31-5/h8-13,15,19H,6-7,14H2,1-5H3/t19-/m0/s1. The van der Waals surface area contributed by atoms with Crippen LogP contribution in [0.15, 0.2) is 47.0 Å². The van der Waals surface area contributed by atoms with Crippen LogP contribution >= 0.6 is 0 Å². The maximum atomic E-state index is 13.2. The molecule has 0 spiro atoms. The van der Waals surface area contributed by atoms with Crippen LogP contribution in [-0.4, -0.2) is 41.7 Å². The van der Waals surface area contributed by atoms with Gasteiger partial charge in [-0.15, -0.1) is 0 Å². The molecule has 0 bridgehead atoms. The fourth-order valence-corrected chi connectivity index (χ4v) is 4.01. The highest BCUT2D eigenvalue weighted by Crippen LogP contribution is 2.35. The summed E-state index contributed by atoms with van der Waals surface area (Å²) in [5.74, 6) is 2.11. The van der Waals surface area contributed by atoms with Crippen molar-refractivity contribution in [2.45, 2.75) is 45.1 Å². The maximum Gasteiger partial charge on any atom is 0.254 e. The molecule has 0 N–H and O–H groups in total.